The Hall–Kier alpha value is -0.200. The molecule has 5 nitrogen and oxygen atoms in total. The van der Waals surface area contributed by atoms with E-state index >= 15 is 0 Å². The summed E-state index contributed by atoms with van der Waals surface area (Å²) in [6.07, 6.45) is 6.25. The van der Waals surface area contributed by atoms with Crippen LogP contribution in [0.1, 0.15) is 39.0 Å². The van der Waals surface area contributed by atoms with Crippen molar-refractivity contribution in [1.82, 2.24) is 19.6 Å². The van der Waals surface area contributed by atoms with E-state index in [4.69, 9.17) is 0 Å². The molecule has 0 spiro atoms. The first-order valence-corrected chi connectivity index (χ1v) is 9.80. The molecule has 0 aromatic rings. The van der Waals surface area contributed by atoms with E-state index in [9.17, 15) is 5.11 Å². The highest BCUT2D eigenvalue weighted by Gasteiger charge is 2.23. The quantitative estimate of drug-likeness (QED) is 0.717. The highest BCUT2D eigenvalue weighted by molar-refractivity contribution is 4.78. The lowest BCUT2D eigenvalue weighted by Crippen LogP contribution is -2.32. The maximum absolute atomic E-state index is 9.56. The first kappa shape index (κ1) is 17.6. The number of hydrogen-bond donors (Lipinski definition) is 1. The van der Waals surface area contributed by atoms with Crippen molar-refractivity contribution in [2.45, 2.75) is 51.2 Å². The van der Waals surface area contributed by atoms with Crippen LogP contribution in [-0.2, 0) is 0 Å². The lowest BCUT2D eigenvalue weighted by molar-refractivity contribution is 0.172. The number of nitrogens with zero attached hydrogens (tertiary/aromatic N) is 4. The Kier molecular flexibility index (Phi) is 6.72. The molecule has 0 saturated carbocycles. The second kappa shape index (κ2) is 8.77. The van der Waals surface area contributed by atoms with Crippen LogP contribution in [0.2, 0.25) is 0 Å². The second-order valence-corrected chi connectivity index (χ2v) is 7.85. The molecule has 1 N–H and O–H groups in total. The van der Waals surface area contributed by atoms with Crippen LogP contribution in [0.15, 0.2) is 0 Å². The fourth-order valence-corrected chi connectivity index (χ4v) is 4.43. The van der Waals surface area contributed by atoms with Gasteiger partial charge in [0.1, 0.15) is 0 Å². The molecule has 134 valence electrons. The molecule has 3 rings (SSSR count). The zero-order chi connectivity index (χ0) is 16.1. The van der Waals surface area contributed by atoms with Crippen molar-refractivity contribution in [2.75, 3.05) is 65.6 Å². The van der Waals surface area contributed by atoms with Gasteiger partial charge in [0.25, 0.3) is 0 Å². The van der Waals surface area contributed by atoms with Gasteiger partial charge in [-0.15, -0.1) is 0 Å². The summed E-state index contributed by atoms with van der Waals surface area (Å²) in [5.74, 6) is 0. The zero-order valence-electron chi connectivity index (χ0n) is 15.0. The molecule has 0 aromatic heterocycles. The van der Waals surface area contributed by atoms with E-state index in [1.54, 1.807) is 0 Å². The van der Waals surface area contributed by atoms with Crippen LogP contribution in [0, 0.1) is 0 Å². The molecule has 2 unspecified atom stereocenters. The molecule has 3 aliphatic heterocycles. The maximum atomic E-state index is 9.56. The fourth-order valence-electron chi connectivity index (χ4n) is 4.43. The van der Waals surface area contributed by atoms with Crippen molar-refractivity contribution in [3.63, 3.8) is 0 Å². The third kappa shape index (κ3) is 5.40. The van der Waals surface area contributed by atoms with Crippen molar-refractivity contribution >= 4 is 0 Å². The molecule has 0 radical (unpaired) electrons. The smallest absolute Gasteiger partial charge is 0.0679 e. The van der Waals surface area contributed by atoms with E-state index < -0.39 is 0 Å². The molecule has 3 saturated heterocycles. The van der Waals surface area contributed by atoms with Crippen molar-refractivity contribution in [2.24, 2.45) is 0 Å². The van der Waals surface area contributed by atoms with Gasteiger partial charge < -0.3 is 14.9 Å². The molecule has 23 heavy (non-hydrogen) atoms. The van der Waals surface area contributed by atoms with Gasteiger partial charge in [-0.25, -0.2) is 0 Å². The van der Waals surface area contributed by atoms with E-state index in [0.717, 1.165) is 38.8 Å². The number of aliphatic hydroxyl groups is 1. The zero-order valence-corrected chi connectivity index (χ0v) is 15.0. The van der Waals surface area contributed by atoms with Crippen LogP contribution in [0.4, 0.5) is 0 Å². The minimum absolute atomic E-state index is 0.0735. The fraction of sp³-hybridized carbons (Fsp3) is 1.00. The normalized spacial score (nSPS) is 31.6. The van der Waals surface area contributed by atoms with Crippen molar-refractivity contribution in [3.8, 4) is 0 Å². The highest BCUT2D eigenvalue weighted by atomic mass is 16.3. The number of hydrogen-bond acceptors (Lipinski definition) is 5. The maximum Gasteiger partial charge on any atom is 0.0679 e. The molecule has 0 bridgehead atoms. The molecule has 0 amide bonds. The predicted molar refractivity (Wildman–Crippen MR) is 94.6 cm³/mol. The standard InChI is InChI=1S/C18H36N4O/c1-17-5-2-10-22(17)11-4-9-21-14-13-20(16-21)8-3-7-19-12-6-18(23)15-19/h17-18,23H,2-16H2,1H3. The molecule has 3 fully saturated rings. The molecular weight excluding hydrogens is 288 g/mol. The lowest BCUT2D eigenvalue weighted by Gasteiger charge is -2.23. The lowest BCUT2D eigenvalue weighted by atomic mass is 10.2. The number of likely N-dealkylation sites (tertiary alicyclic amines) is 2. The van der Waals surface area contributed by atoms with Crippen LogP contribution in [0.5, 0.6) is 0 Å². The summed E-state index contributed by atoms with van der Waals surface area (Å²) in [7, 11) is 0. The largest absolute Gasteiger partial charge is 0.392 e. The van der Waals surface area contributed by atoms with Gasteiger partial charge in [0.2, 0.25) is 0 Å². The van der Waals surface area contributed by atoms with E-state index in [0.29, 0.717) is 0 Å². The Balaban J connectivity index is 1.22. The summed E-state index contributed by atoms with van der Waals surface area (Å²) >= 11 is 0. The Bertz CT molecular complexity index is 354. The molecular formula is C18H36N4O. The molecule has 0 aliphatic carbocycles. The van der Waals surface area contributed by atoms with Gasteiger partial charge in [-0.2, -0.15) is 0 Å². The van der Waals surface area contributed by atoms with Gasteiger partial charge in [0.05, 0.1) is 12.8 Å². The number of aliphatic hydroxyl groups excluding tert-OH is 1. The highest BCUT2D eigenvalue weighted by Crippen LogP contribution is 2.16. The van der Waals surface area contributed by atoms with Gasteiger partial charge in [-0.3, -0.25) is 9.80 Å². The number of rotatable bonds is 8. The van der Waals surface area contributed by atoms with Crippen molar-refractivity contribution in [1.29, 1.82) is 0 Å². The van der Waals surface area contributed by atoms with E-state index in [1.165, 1.54) is 65.0 Å². The summed E-state index contributed by atoms with van der Waals surface area (Å²) in [5.41, 5.74) is 0. The minimum atomic E-state index is -0.0735. The van der Waals surface area contributed by atoms with Crippen LogP contribution in [0.25, 0.3) is 0 Å². The average Bonchev–Trinajstić information content (AvgIpc) is 3.23. The Morgan fingerprint density at radius 3 is 2.13 bits per heavy atom. The van der Waals surface area contributed by atoms with Crippen molar-refractivity contribution < 1.29 is 5.11 Å². The Morgan fingerprint density at radius 2 is 1.52 bits per heavy atom. The predicted octanol–water partition coefficient (Wildman–Crippen LogP) is 0.893. The van der Waals surface area contributed by atoms with Gasteiger partial charge >= 0.3 is 0 Å². The summed E-state index contributed by atoms with van der Waals surface area (Å²) in [6.45, 7) is 14.2. The molecule has 2 atom stereocenters. The van der Waals surface area contributed by atoms with Crippen LogP contribution >= 0.6 is 0 Å². The summed E-state index contributed by atoms with van der Waals surface area (Å²) in [6, 6.07) is 0.814. The Labute approximate surface area is 142 Å². The topological polar surface area (TPSA) is 33.2 Å². The van der Waals surface area contributed by atoms with Crippen LogP contribution in [0.3, 0.4) is 0 Å². The van der Waals surface area contributed by atoms with Crippen LogP contribution in [-0.4, -0.2) is 102 Å². The average molecular weight is 325 g/mol. The first-order valence-electron chi connectivity index (χ1n) is 9.80. The third-order valence-corrected chi connectivity index (χ3v) is 5.94. The summed E-state index contributed by atoms with van der Waals surface area (Å²) in [5, 5.41) is 9.56. The summed E-state index contributed by atoms with van der Waals surface area (Å²) < 4.78 is 0. The van der Waals surface area contributed by atoms with Gasteiger partial charge in [-0.1, -0.05) is 0 Å². The molecule has 3 aliphatic rings. The van der Waals surface area contributed by atoms with Crippen LogP contribution < -0.4 is 0 Å². The summed E-state index contributed by atoms with van der Waals surface area (Å²) in [4.78, 5) is 10.3. The number of β-amino-alcohol motifs (C(OH)–C–C–N with tert-alkyl or cyclic N) is 1. The van der Waals surface area contributed by atoms with Gasteiger partial charge in [0, 0.05) is 45.3 Å². The second-order valence-electron chi connectivity index (χ2n) is 7.85. The molecule has 0 aromatic carbocycles. The van der Waals surface area contributed by atoms with Gasteiger partial charge in [-0.05, 0) is 58.7 Å². The third-order valence-electron chi connectivity index (χ3n) is 5.94. The monoisotopic (exact) mass is 324 g/mol. The van der Waals surface area contributed by atoms with Gasteiger partial charge in [0.15, 0.2) is 0 Å². The molecule has 3 heterocycles. The minimum Gasteiger partial charge on any atom is -0.392 e. The first-order chi connectivity index (χ1) is 11.2. The Morgan fingerprint density at radius 1 is 0.826 bits per heavy atom. The van der Waals surface area contributed by atoms with E-state index in [2.05, 4.69) is 26.5 Å². The van der Waals surface area contributed by atoms with E-state index in [1.807, 2.05) is 0 Å². The van der Waals surface area contributed by atoms with E-state index in [-0.39, 0.29) is 6.10 Å². The SMILES string of the molecule is CC1CCCN1CCCN1CCN(CCCN2CCC(O)C2)C1. The molecule has 5 heteroatoms. The van der Waals surface area contributed by atoms with Crippen molar-refractivity contribution in [3.05, 3.63) is 0 Å².